The Morgan fingerprint density at radius 2 is 2.00 bits per heavy atom. The number of hydrogen-bond acceptors (Lipinski definition) is 8. The van der Waals surface area contributed by atoms with Gasteiger partial charge in [0.1, 0.15) is 12.4 Å². The molecule has 11 heteroatoms. The number of hydrogen-bond donors (Lipinski definition) is 1. The molecule has 1 amide bonds. The summed E-state index contributed by atoms with van der Waals surface area (Å²) in [7, 11) is 3.55. The number of aromatic nitrogens is 2. The van der Waals surface area contributed by atoms with E-state index in [1.165, 1.54) is 16.2 Å². The Bertz CT molecular complexity index is 1550. The van der Waals surface area contributed by atoms with Crippen LogP contribution in [-0.4, -0.2) is 61.1 Å². The van der Waals surface area contributed by atoms with Crippen LogP contribution in [0.4, 0.5) is 15.3 Å². The SMILES string of the molecule is CN1CCOc2cc(-c3ccc(OCF)cc3-c3csc(N(C)C(=O)[C@@H](CC(=O)O)Cc4ccccc4)n3)cnc21. The van der Waals surface area contributed by atoms with E-state index in [2.05, 4.69) is 4.98 Å². The molecule has 2 aromatic carbocycles. The zero-order valence-corrected chi connectivity index (χ0v) is 23.4. The third kappa shape index (κ3) is 6.30. The van der Waals surface area contributed by atoms with Gasteiger partial charge in [0.2, 0.25) is 12.8 Å². The van der Waals surface area contributed by atoms with Gasteiger partial charge in [0.05, 0.1) is 24.6 Å². The lowest BCUT2D eigenvalue weighted by Gasteiger charge is -2.26. The molecule has 2 aromatic heterocycles. The Hall–Kier alpha value is -4.51. The number of pyridine rings is 1. The average molecular weight is 577 g/mol. The lowest BCUT2D eigenvalue weighted by Crippen LogP contribution is -2.35. The molecule has 0 saturated heterocycles. The Morgan fingerprint density at radius 1 is 1.20 bits per heavy atom. The largest absolute Gasteiger partial charge is 0.488 e. The molecule has 4 aromatic rings. The zero-order valence-electron chi connectivity index (χ0n) is 22.6. The molecule has 5 rings (SSSR count). The molecule has 0 aliphatic carbocycles. The van der Waals surface area contributed by atoms with Crippen LogP contribution in [0.1, 0.15) is 12.0 Å². The number of nitrogens with zero attached hydrogens (tertiary/aromatic N) is 4. The molecule has 0 radical (unpaired) electrons. The molecule has 1 atom stereocenters. The molecular formula is C30H29FN4O5S. The van der Waals surface area contributed by atoms with E-state index in [4.69, 9.17) is 14.5 Å². The van der Waals surface area contributed by atoms with Gasteiger partial charge in [-0.3, -0.25) is 14.5 Å². The highest BCUT2D eigenvalue weighted by Gasteiger charge is 2.28. The first kappa shape index (κ1) is 28.0. The van der Waals surface area contributed by atoms with Gasteiger partial charge in [-0.2, -0.15) is 0 Å². The monoisotopic (exact) mass is 576 g/mol. The summed E-state index contributed by atoms with van der Waals surface area (Å²) in [5.41, 5.74) is 3.66. The van der Waals surface area contributed by atoms with Crippen LogP contribution in [0.25, 0.3) is 22.4 Å². The van der Waals surface area contributed by atoms with Crippen molar-refractivity contribution in [3.05, 3.63) is 71.7 Å². The number of carboxylic acids is 1. The van der Waals surface area contributed by atoms with E-state index >= 15 is 0 Å². The predicted molar refractivity (Wildman–Crippen MR) is 155 cm³/mol. The van der Waals surface area contributed by atoms with Gasteiger partial charge in [-0.05, 0) is 41.8 Å². The summed E-state index contributed by atoms with van der Waals surface area (Å²) in [4.78, 5) is 37.8. The number of carboxylic acid groups (broad SMARTS) is 1. The molecule has 1 aliphatic rings. The average Bonchev–Trinajstić information content (AvgIpc) is 3.47. The van der Waals surface area contributed by atoms with Crippen molar-refractivity contribution in [3.63, 3.8) is 0 Å². The van der Waals surface area contributed by atoms with Gasteiger partial charge in [-0.25, -0.2) is 14.4 Å². The quantitative estimate of drug-likeness (QED) is 0.271. The smallest absolute Gasteiger partial charge is 0.304 e. The molecule has 0 saturated carbocycles. The van der Waals surface area contributed by atoms with E-state index < -0.39 is 18.7 Å². The fraction of sp³-hybridized carbons (Fsp3) is 0.267. The topological polar surface area (TPSA) is 105 Å². The number of alkyl halides is 1. The second kappa shape index (κ2) is 12.3. The van der Waals surface area contributed by atoms with Crippen molar-refractivity contribution in [2.24, 2.45) is 5.92 Å². The lowest BCUT2D eigenvalue weighted by molar-refractivity contribution is -0.140. The Balaban J connectivity index is 1.46. The minimum Gasteiger partial charge on any atom is -0.488 e. The first-order chi connectivity index (χ1) is 19.8. The van der Waals surface area contributed by atoms with E-state index in [-0.39, 0.29) is 12.3 Å². The van der Waals surface area contributed by atoms with E-state index in [9.17, 15) is 19.1 Å². The van der Waals surface area contributed by atoms with E-state index in [1.807, 2.05) is 54.4 Å². The van der Waals surface area contributed by atoms with Gasteiger partial charge < -0.3 is 19.5 Å². The lowest BCUT2D eigenvalue weighted by atomic mass is 9.95. The summed E-state index contributed by atoms with van der Waals surface area (Å²) in [5, 5.41) is 11.7. The summed E-state index contributed by atoms with van der Waals surface area (Å²) in [5.74, 6) is -0.400. The number of fused-ring (bicyclic) bond motifs is 1. The second-order valence-corrected chi connectivity index (χ2v) is 10.5. The van der Waals surface area contributed by atoms with Gasteiger partial charge in [-0.1, -0.05) is 30.3 Å². The molecule has 0 unspecified atom stereocenters. The van der Waals surface area contributed by atoms with Gasteiger partial charge >= 0.3 is 5.97 Å². The number of carbonyl (C=O) groups is 2. The van der Waals surface area contributed by atoms with E-state index in [0.29, 0.717) is 40.9 Å². The summed E-state index contributed by atoms with van der Waals surface area (Å²) in [6, 6.07) is 16.4. The van der Waals surface area contributed by atoms with Crippen molar-refractivity contribution in [2.75, 3.05) is 43.9 Å². The van der Waals surface area contributed by atoms with Crippen LogP contribution in [0.3, 0.4) is 0 Å². The molecule has 212 valence electrons. The summed E-state index contributed by atoms with van der Waals surface area (Å²) < 4.78 is 24.0. The number of benzene rings is 2. The van der Waals surface area contributed by atoms with Crippen LogP contribution in [0, 0.1) is 5.92 Å². The van der Waals surface area contributed by atoms with Crippen molar-refractivity contribution >= 4 is 34.2 Å². The molecule has 0 bridgehead atoms. The zero-order chi connectivity index (χ0) is 28.9. The van der Waals surface area contributed by atoms with Gasteiger partial charge in [-0.15, -0.1) is 11.3 Å². The number of halogens is 1. The number of rotatable bonds is 10. The van der Waals surface area contributed by atoms with Gasteiger partial charge in [0.15, 0.2) is 16.7 Å². The molecule has 0 spiro atoms. The minimum atomic E-state index is -1.05. The Kier molecular flexibility index (Phi) is 8.44. The third-order valence-electron chi connectivity index (χ3n) is 6.88. The maximum Gasteiger partial charge on any atom is 0.304 e. The molecular weight excluding hydrogens is 547 g/mol. The molecule has 0 fully saturated rings. The fourth-order valence-electron chi connectivity index (χ4n) is 4.78. The second-order valence-electron chi connectivity index (χ2n) is 9.67. The van der Waals surface area contributed by atoms with Gasteiger partial charge in [0.25, 0.3) is 0 Å². The van der Waals surface area contributed by atoms with Crippen LogP contribution in [0.2, 0.25) is 0 Å². The fourth-order valence-corrected chi connectivity index (χ4v) is 5.58. The van der Waals surface area contributed by atoms with Crippen LogP contribution in [-0.2, 0) is 16.0 Å². The number of ether oxygens (including phenoxy) is 2. The molecule has 1 aliphatic heterocycles. The normalized spacial score (nSPS) is 13.2. The highest BCUT2D eigenvalue weighted by molar-refractivity contribution is 7.14. The number of likely N-dealkylation sites (N-methyl/N-ethyl adjacent to an activating group) is 1. The van der Waals surface area contributed by atoms with Crippen LogP contribution >= 0.6 is 11.3 Å². The number of thiazole rings is 1. The summed E-state index contributed by atoms with van der Waals surface area (Å²) >= 11 is 1.25. The molecule has 41 heavy (non-hydrogen) atoms. The van der Waals surface area contributed by atoms with E-state index in [1.54, 1.807) is 30.8 Å². The van der Waals surface area contributed by atoms with Crippen LogP contribution in [0.15, 0.2) is 66.2 Å². The number of aliphatic carboxylic acids is 1. The summed E-state index contributed by atoms with van der Waals surface area (Å²) in [6.45, 7) is 0.311. The number of amides is 1. The maximum absolute atomic E-state index is 13.5. The molecule has 1 N–H and O–H groups in total. The summed E-state index contributed by atoms with van der Waals surface area (Å²) in [6.07, 6.45) is 1.75. The first-order valence-electron chi connectivity index (χ1n) is 13.0. The van der Waals surface area contributed by atoms with Crippen LogP contribution in [0.5, 0.6) is 11.5 Å². The highest BCUT2D eigenvalue weighted by atomic mass is 32.1. The van der Waals surface area contributed by atoms with Crippen molar-refractivity contribution in [2.45, 2.75) is 12.8 Å². The molecule has 3 heterocycles. The number of carbonyl (C=O) groups excluding carboxylic acids is 1. The van der Waals surface area contributed by atoms with Crippen molar-refractivity contribution < 1.29 is 28.6 Å². The number of anilines is 2. The van der Waals surface area contributed by atoms with E-state index in [0.717, 1.165) is 29.1 Å². The maximum atomic E-state index is 13.5. The Labute approximate surface area is 240 Å². The third-order valence-corrected chi connectivity index (χ3v) is 7.80. The molecule has 9 nitrogen and oxygen atoms in total. The first-order valence-corrected chi connectivity index (χ1v) is 13.9. The van der Waals surface area contributed by atoms with Crippen molar-refractivity contribution in [1.29, 1.82) is 0 Å². The highest BCUT2D eigenvalue weighted by Crippen LogP contribution is 2.40. The van der Waals surface area contributed by atoms with Crippen molar-refractivity contribution in [3.8, 4) is 33.9 Å². The van der Waals surface area contributed by atoms with Crippen LogP contribution < -0.4 is 19.3 Å². The van der Waals surface area contributed by atoms with Crippen molar-refractivity contribution in [1.82, 2.24) is 9.97 Å². The standard InChI is InChI=1S/C30H29FN4O5S/c1-34-10-11-39-26-13-21(16-32-28(26)34)23-9-8-22(40-18-31)15-24(23)25-17-41-30(33-25)35(2)29(38)20(14-27(36)37)12-19-6-4-3-5-7-19/h3-9,13,15-17,20H,10-12,14,18H2,1-2H3,(H,36,37)/t20-/m1/s1. The Morgan fingerprint density at radius 3 is 2.76 bits per heavy atom. The predicted octanol–water partition coefficient (Wildman–Crippen LogP) is 5.30. The minimum absolute atomic E-state index is 0.296. The van der Waals surface area contributed by atoms with Gasteiger partial charge in [0, 0.05) is 36.8 Å².